The minimum absolute atomic E-state index is 0.118. The van der Waals surface area contributed by atoms with E-state index in [-0.39, 0.29) is 17.5 Å². The van der Waals surface area contributed by atoms with Crippen LogP contribution in [0.15, 0.2) is 10.7 Å². The van der Waals surface area contributed by atoms with E-state index >= 15 is 0 Å². The lowest BCUT2D eigenvalue weighted by Crippen LogP contribution is -2.41. The van der Waals surface area contributed by atoms with Crippen LogP contribution in [0.5, 0.6) is 0 Å². The van der Waals surface area contributed by atoms with Crippen LogP contribution in [-0.2, 0) is 4.74 Å². The number of halogens is 1. The number of aromatic nitrogens is 2. The summed E-state index contributed by atoms with van der Waals surface area (Å²) in [5.41, 5.74) is 5.40. The summed E-state index contributed by atoms with van der Waals surface area (Å²) in [6.45, 7) is 1.93. The molecular formula is C7H9BrN4O2S. The lowest BCUT2D eigenvalue weighted by Gasteiger charge is -2.16. The van der Waals surface area contributed by atoms with Crippen LogP contribution in [0.3, 0.4) is 0 Å². The number of anilines is 1. The molecule has 1 aromatic rings. The summed E-state index contributed by atoms with van der Waals surface area (Å²) in [5, 5.41) is 6.31. The van der Waals surface area contributed by atoms with Crippen molar-refractivity contribution in [2.45, 2.75) is 6.92 Å². The zero-order valence-corrected chi connectivity index (χ0v) is 10.3. The first-order valence-corrected chi connectivity index (χ1v) is 5.23. The van der Waals surface area contributed by atoms with Crippen molar-refractivity contribution >= 4 is 45.2 Å². The molecule has 1 aromatic heterocycles. The predicted molar refractivity (Wildman–Crippen MR) is 62.6 cm³/mol. The van der Waals surface area contributed by atoms with Gasteiger partial charge in [0.15, 0.2) is 10.9 Å². The highest BCUT2D eigenvalue weighted by molar-refractivity contribution is 9.10. The number of ether oxygens (including phenoxy) is 1. The van der Waals surface area contributed by atoms with Crippen LogP contribution in [0, 0.1) is 0 Å². The van der Waals surface area contributed by atoms with Gasteiger partial charge in [0.25, 0.3) is 0 Å². The van der Waals surface area contributed by atoms with Gasteiger partial charge in [-0.3, -0.25) is 5.10 Å². The van der Waals surface area contributed by atoms with E-state index < -0.39 is 6.09 Å². The highest BCUT2D eigenvalue weighted by Crippen LogP contribution is 2.16. The second-order valence-electron chi connectivity index (χ2n) is 2.45. The number of carbonyl (C=O) groups is 1. The molecule has 0 atom stereocenters. The molecule has 1 rings (SSSR count). The van der Waals surface area contributed by atoms with E-state index in [1.807, 2.05) is 0 Å². The van der Waals surface area contributed by atoms with Crippen molar-refractivity contribution in [3.8, 4) is 0 Å². The fraction of sp³-hybridized carbons (Fsp3) is 0.286. The Bertz CT molecular complexity index is 381. The molecule has 82 valence electrons. The van der Waals surface area contributed by atoms with Gasteiger partial charge in [-0.05, 0) is 35.1 Å². The summed E-state index contributed by atoms with van der Waals surface area (Å²) in [4.78, 5) is 12.5. The van der Waals surface area contributed by atoms with E-state index in [2.05, 4.69) is 26.1 Å². The Morgan fingerprint density at radius 2 is 2.53 bits per heavy atom. The summed E-state index contributed by atoms with van der Waals surface area (Å²) < 4.78 is 5.39. The van der Waals surface area contributed by atoms with Crippen molar-refractivity contribution < 1.29 is 9.53 Å². The molecule has 0 aromatic carbocycles. The smallest absolute Gasteiger partial charge is 0.422 e. The fourth-order valence-electron chi connectivity index (χ4n) is 0.888. The minimum atomic E-state index is -0.649. The maximum absolute atomic E-state index is 11.5. The fourth-order valence-corrected chi connectivity index (χ4v) is 1.35. The number of nitrogens with two attached hydrogens (primary N) is 1. The number of aromatic amines is 1. The zero-order valence-electron chi connectivity index (χ0n) is 7.86. The van der Waals surface area contributed by atoms with Gasteiger partial charge >= 0.3 is 6.09 Å². The molecule has 0 aliphatic heterocycles. The minimum Gasteiger partial charge on any atom is -0.449 e. The maximum Gasteiger partial charge on any atom is 0.422 e. The number of nitrogens with zero attached hydrogens (tertiary/aromatic N) is 2. The molecule has 0 saturated carbocycles. The highest BCUT2D eigenvalue weighted by Gasteiger charge is 2.22. The van der Waals surface area contributed by atoms with Gasteiger partial charge in [0.1, 0.15) is 4.60 Å². The van der Waals surface area contributed by atoms with E-state index in [0.717, 1.165) is 4.90 Å². The van der Waals surface area contributed by atoms with E-state index in [4.69, 9.17) is 22.7 Å². The molecular weight excluding hydrogens is 284 g/mol. The third-order valence-corrected chi connectivity index (χ3v) is 2.02. The van der Waals surface area contributed by atoms with Gasteiger partial charge in [-0.1, -0.05) is 0 Å². The average molecular weight is 293 g/mol. The lowest BCUT2D eigenvalue weighted by molar-refractivity contribution is 0.163. The first kappa shape index (κ1) is 11.9. The first-order chi connectivity index (χ1) is 7.06. The van der Waals surface area contributed by atoms with Crippen molar-refractivity contribution in [1.29, 1.82) is 0 Å². The second-order valence-corrected chi connectivity index (χ2v) is 3.72. The van der Waals surface area contributed by atoms with Crippen LogP contribution in [-0.4, -0.2) is 28.0 Å². The van der Waals surface area contributed by atoms with Gasteiger partial charge in [-0.15, -0.1) is 0 Å². The predicted octanol–water partition coefficient (Wildman–Crippen LogP) is 1.38. The molecule has 0 saturated heterocycles. The molecule has 0 radical (unpaired) electrons. The van der Waals surface area contributed by atoms with E-state index in [0.29, 0.717) is 4.60 Å². The van der Waals surface area contributed by atoms with Crippen LogP contribution in [0.1, 0.15) is 6.92 Å². The van der Waals surface area contributed by atoms with Gasteiger partial charge in [0.05, 0.1) is 6.61 Å². The number of H-pyrrole nitrogens is 1. The van der Waals surface area contributed by atoms with Gasteiger partial charge in [0.2, 0.25) is 0 Å². The normalized spacial score (nSPS) is 9.73. The van der Waals surface area contributed by atoms with Crippen molar-refractivity contribution in [3.05, 3.63) is 10.7 Å². The first-order valence-electron chi connectivity index (χ1n) is 4.03. The number of rotatable bonds is 2. The molecule has 6 nitrogen and oxygen atoms in total. The Kier molecular flexibility index (Phi) is 4.04. The average Bonchev–Trinajstić information content (AvgIpc) is 2.51. The molecule has 1 heterocycles. The number of hydrogen-bond acceptors (Lipinski definition) is 4. The van der Waals surface area contributed by atoms with E-state index in [1.54, 1.807) is 13.0 Å². The van der Waals surface area contributed by atoms with Crippen LogP contribution in [0.2, 0.25) is 0 Å². The zero-order chi connectivity index (χ0) is 11.4. The van der Waals surface area contributed by atoms with Gasteiger partial charge < -0.3 is 10.5 Å². The quantitative estimate of drug-likeness (QED) is 0.805. The third kappa shape index (κ3) is 2.90. The van der Waals surface area contributed by atoms with Crippen LogP contribution in [0.4, 0.5) is 10.6 Å². The highest BCUT2D eigenvalue weighted by atomic mass is 79.9. The Hall–Kier alpha value is -1.15. The summed E-state index contributed by atoms with van der Waals surface area (Å²) >= 11 is 7.89. The Morgan fingerprint density at radius 1 is 1.87 bits per heavy atom. The summed E-state index contributed by atoms with van der Waals surface area (Å²) in [7, 11) is 0. The molecule has 0 bridgehead atoms. The van der Waals surface area contributed by atoms with Crippen LogP contribution >= 0.6 is 28.1 Å². The summed E-state index contributed by atoms with van der Waals surface area (Å²) in [6.07, 6.45) is -0.649. The standard InChI is InChI=1S/C7H9BrN4O2S/c1-2-14-7(13)12(6(9)15)5-3-4(8)10-11-5/h3H,2H2,1H3,(H2,9,15)(H,10,11). The van der Waals surface area contributed by atoms with Crippen molar-refractivity contribution in [3.63, 3.8) is 0 Å². The SMILES string of the molecule is CCOC(=O)N(C(N)=S)c1cc(Br)[nH]n1. The molecule has 0 spiro atoms. The molecule has 0 aliphatic carbocycles. The molecule has 0 fully saturated rings. The maximum atomic E-state index is 11.5. The molecule has 3 N–H and O–H groups in total. The van der Waals surface area contributed by atoms with Gasteiger partial charge in [-0.2, -0.15) is 5.10 Å². The number of thiocarbonyl (C=S) groups is 1. The summed E-state index contributed by atoms with van der Waals surface area (Å²) in [6, 6.07) is 1.57. The number of nitrogens with one attached hydrogen (secondary N) is 1. The van der Waals surface area contributed by atoms with Gasteiger partial charge in [-0.25, -0.2) is 9.69 Å². The van der Waals surface area contributed by atoms with Crippen molar-refractivity contribution in [1.82, 2.24) is 10.2 Å². The van der Waals surface area contributed by atoms with Crippen molar-refractivity contribution in [2.75, 3.05) is 11.5 Å². The second kappa shape index (κ2) is 5.08. The Morgan fingerprint density at radius 3 is 2.93 bits per heavy atom. The molecule has 1 amide bonds. The third-order valence-electron chi connectivity index (χ3n) is 1.43. The van der Waals surface area contributed by atoms with Crippen molar-refractivity contribution in [2.24, 2.45) is 5.73 Å². The largest absolute Gasteiger partial charge is 0.449 e. The number of carbonyl (C=O) groups excluding carboxylic acids is 1. The number of amides is 1. The molecule has 8 heteroatoms. The topological polar surface area (TPSA) is 84.2 Å². The summed E-state index contributed by atoms with van der Waals surface area (Å²) in [5.74, 6) is 0.285. The molecule has 0 unspecified atom stereocenters. The molecule has 0 aliphatic rings. The number of hydrogen-bond donors (Lipinski definition) is 2. The van der Waals surface area contributed by atoms with Crippen LogP contribution < -0.4 is 10.6 Å². The van der Waals surface area contributed by atoms with E-state index in [9.17, 15) is 4.79 Å². The Labute approximate surface area is 99.9 Å². The lowest BCUT2D eigenvalue weighted by atomic mass is 10.6. The monoisotopic (exact) mass is 292 g/mol. The molecule has 15 heavy (non-hydrogen) atoms. The van der Waals surface area contributed by atoms with Gasteiger partial charge in [0, 0.05) is 6.07 Å². The van der Waals surface area contributed by atoms with Crippen LogP contribution in [0.25, 0.3) is 0 Å². The Balaban J connectivity index is 2.93. The van der Waals surface area contributed by atoms with E-state index in [1.165, 1.54) is 0 Å².